The molecule has 0 spiro atoms. The number of sulfonamides is 1. The molecule has 0 amide bonds. The molecule has 2 rings (SSSR count). The van der Waals surface area contributed by atoms with Crippen LogP contribution in [0.2, 0.25) is 0 Å². The summed E-state index contributed by atoms with van der Waals surface area (Å²) in [5.41, 5.74) is 0. The molecule has 1 aromatic heterocycles. The van der Waals surface area contributed by atoms with Crippen molar-refractivity contribution in [3.63, 3.8) is 0 Å². The second kappa shape index (κ2) is 5.93. The lowest BCUT2D eigenvalue weighted by Crippen LogP contribution is -2.47. The maximum atomic E-state index is 12.3. The third kappa shape index (κ3) is 4.68. The third-order valence-corrected chi connectivity index (χ3v) is 4.67. The van der Waals surface area contributed by atoms with E-state index in [4.69, 9.17) is 0 Å². The molecule has 1 aliphatic rings. The van der Waals surface area contributed by atoms with Crippen molar-refractivity contribution in [2.75, 3.05) is 19.6 Å². The normalized spacial score (nSPS) is 19.0. The van der Waals surface area contributed by atoms with E-state index in [0.29, 0.717) is 12.8 Å². The quantitative estimate of drug-likeness (QED) is 0.886. The minimum absolute atomic E-state index is 0.0808. The van der Waals surface area contributed by atoms with Crippen molar-refractivity contribution < 1.29 is 21.6 Å². The Morgan fingerprint density at radius 1 is 1.38 bits per heavy atom. The Bertz CT molecular complexity index is 577. The topological polar surface area (TPSA) is 67.2 Å². The molecular weight excluding hydrogens is 309 g/mol. The van der Waals surface area contributed by atoms with Gasteiger partial charge in [-0.15, -0.1) is 0 Å². The first kappa shape index (κ1) is 16.2. The molecule has 1 aliphatic heterocycles. The predicted octanol–water partition coefficient (Wildman–Crippen LogP) is 0.725. The number of halogens is 3. The van der Waals surface area contributed by atoms with Gasteiger partial charge in [0, 0.05) is 19.3 Å². The van der Waals surface area contributed by atoms with E-state index < -0.39 is 22.7 Å². The SMILES string of the molecule is Cn1cnc(S(=O)(=O)NC2CCN(CC(F)(F)F)CC2)c1. The highest BCUT2D eigenvalue weighted by molar-refractivity contribution is 7.89. The molecular formula is C11H17F3N4O2S. The molecule has 1 saturated heterocycles. The number of alkyl halides is 3. The van der Waals surface area contributed by atoms with Crippen LogP contribution in [0.15, 0.2) is 17.6 Å². The lowest BCUT2D eigenvalue weighted by Gasteiger charge is -2.32. The first-order valence-corrected chi connectivity index (χ1v) is 7.93. The maximum Gasteiger partial charge on any atom is 0.401 e. The number of rotatable bonds is 4. The molecule has 10 heteroatoms. The van der Waals surface area contributed by atoms with E-state index >= 15 is 0 Å². The van der Waals surface area contributed by atoms with Crippen molar-refractivity contribution in [1.29, 1.82) is 0 Å². The van der Waals surface area contributed by atoms with Crippen LogP contribution in [-0.2, 0) is 17.1 Å². The average molecular weight is 326 g/mol. The van der Waals surface area contributed by atoms with Gasteiger partial charge in [-0.25, -0.2) is 18.1 Å². The van der Waals surface area contributed by atoms with Crippen LogP contribution in [0.25, 0.3) is 0 Å². The summed E-state index contributed by atoms with van der Waals surface area (Å²) in [6.45, 7) is -0.517. The largest absolute Gasteiger partial charge is 0.401 e. The zero-order chi connectivity index (χ0) is 15.7. The van der Waals surface area contributed by atoms with Gasteiger partial charge in [0.05, 0.1) is 12.9 Å². The Balaban J connectivity index is 1.89. The van der Waals surface area contributed by atoms with E-state index in [9.17, 15) is 21.6 Å². The molecule has 1 fully saturated rings. The van der Waals surface area contributed by atoms with Gasteiger partial charge in [-0.1, -0.05) is 0 Å². The van der Waals surface area contributed by atoms with Crippen LogP contribution in [0.3, 0.4) is 0 Å². The summed E-state index contributed by atoms with van der Waals surface area (Å²) in [6, 6.07) is -0.360. The predicted molar refractivity (Wildman–Crippen MR) is 69.0 cm³/mol. The van der Waals surface area contributed by atoms with E-state index in [2.05, 4.69) is 9.71 Å². The van der Waals surface area contributed by atoms with Crippen LogP contribution in [0, 0.1) is 0 Å². The zero-order valence-electron chi connectivity index (χ0n) is 11.5. The number of likely N-dealkylation sites (tertiary alicyclic amines) is 1. The zero-order valence-corrected chi connectivity index (χ0v) is 12.3. The highest BCUT2D eigenvalue weighted by Gasteiger charge is 2.33. The molecule has 1 N–H and O–H groups in total. The minimum atomic E-state index is -4.22. The first-order valence-electron chi connectivity index (χ1n) is 6.45. The molecule has 0 atom stereocenters. The van der Waals surface area contributed by atoms with Crippen LogP contribution in [-0.4, -0.2) is 54.7 Å². The van der Waals surface area contributed by atoms with Gasteiger partial charge in [-0.2, -0.15) is 13.2 Å². The Morgan fingerprint density at radius 2 is 2.00 bits per heavy atom. The second-order valence-electron chi connectivity index (χ2n) is 5.16. The highest BCUT2D eigenvalue weighted by atomic mass is 32.2. The summed E-state index contributed by atoms with van der Waals surface area (Å²) < 4.78 is 64.9. The highest BCUT2D eigenvalue weighted by Crippen LogP contribution is 2.20. The number of piperidine rings is 1. The number of nitrogens with zero attached hydrogens (tertiary/aromatic N) is 3. The van der Waals surface area contributed by atoms with Crippen molar-refractivity contribution in [2.24, 2.45) is 7.05 Å². The smallest absolute Gasteiger partial charge is 0.339 e. The Labute approximate surface area is 121 Å². The number of imidazole rings is 1. The molecule has 21 heavy (non-hydrogen) atoms. The van der Waals surface area contributed by atoms with Gasteiger partial charge in [0.2, 0.25) is 0 Å². The first-order chi connectivity index (χ1) is 9.66. The molecule has 0 aromatic carbocycles. The molecule has 2 heterocycles. The van der Waals surface area contributed by atoms with Gasteiger partial charge in [0.15, 0.2) is 5.03 Å². The molecule has 0 aliphatic carbocycles. The Morgan fingerprint density at radius 3 is 2.48 bits per heavy atom. The number of aryl methyl sites for hydroxylation is 1. The molecule has 1 aromatic rings. The van der Waals surface area contributed by atoms with Gasteiger partial charge < -0.3 is 4.57 Å². The van der Waals surface area contributed by atoms with E-state index in [1.165, 1.54) is 22.0 Å². The number of hydrogen-bond donors (Lipinski definition) is 1. The van der Waals surface area contributed by atoms with Crippen molar-refractivity contribution in [3.8, 4) is 0 Å². The molecule has 0 unspecified atom stereocenters. The summed E-state index contributed by atoms with van der Waals surface area (Å²) in [5.74, 6) is 0. The fraction of sp³-hybridized carbons (Fsp3) is 0.727. The maximum absolute atomic E-state index is 12.3. The monoisotopic (exact) mass is 326 g/mol. The van der Waals surface area contributed by atoms with Crippen LogP contribution >= 0.6 is 0 Å². The molecule has 0 radical (unpaired) electrons. The summed E-state index contributed by atoms with van der Waals surface area (Å²) in [4.78, 5) is 5.05. The van der Waals surface area contributed by atoms with Crippen LogP contribution in [0.5, 0.6) is 0 Å². The summed E-state index contributed by atoms with van der Waals surface area (Å²) in [6.07, 6.45) is -0.772. The van der Waals surface area contributed by atoms with Crippen molar-refractivity contribution in [2.45, 2.75) is 30.1 Å². The Hall–Kier alpha value is -1.13. The standard InChI is InChI=1S/C11H17F3N4O2S/c1-17-6-10(15-8-17)21(19,20)16-9-2-4-18(5-3-9)7-11(12,13)14/h6,8-9,16H,2-5,7H2,1H3. The fourth-order valence-corrected chi connectivity index (χ4v) is 3.56. The van der Waals surface area contributed by atoms with Crippen molar-refractivity contribution in [3.05, 3.63) is 12.5 Å². The molecule has 0 saturated carbocycles. The van der Waals surface area contributed by atoms with Crippen molar-refractivity contribution in [1.82, 2.24) is 19.2 Å². The summed E-state index contributed by atoms with van der Waals surface area (Å²) in [7, 11) is -2.06. The van der Waals surface area contributed by atoms with Gasteiger partial charge in [0.1, 0.15) is 0 Å². The van der Waals surface area contributed by atoms with Gasteiger partial charge >= 0.3 is 6.18 Å². The Kier molecular flexibility index (Phi) is 4.59. The van der Waals surface area contributed by atoms with Gasteiger partial charge in [-0.05, 0) is 25.9 Å². The number of aromatic nitrogens is 2. The molecule has 120 valence electrons. The summed E-state index contributed by atoms with van der Waals surface area (Å²) in [5, 5.41) is -0.0808. The van der Waals surface area contributed by atoms with E-state index in [1.807, 2.05) is 0 Å². The van der Waals surface area contributed by atoms with E-state index in [-0.39, 0.29) is 24.2 Å². The summed E-state index contributed by atoms with van der Waals surface area (Å²) >= 11 is 0. The van der Waals surface area contributed by atoms with E-state index in [0.717, 1.165) is 0 Å². The average Bonchev–Trinajstić information content (AvgIpc) is 2.77. The van der Waals surface area contributed by atoms with Crippen LogP contribution < -0.4 is 4.72 Å². The molecule has 6 nitrogen and oxygen atoms in total. The van der Waals surface area contributed by atoms with Crippen LogP contribution in [0.4, 0.5) is 13.2 Å². The third-order valence-electron chi connectivity index (χ3n) is 3.27. The van der Waals surface area contributed by atoms with Gasteiger partial charge in [-0.3, -0.25) is 4.90 Å². The number of hydrogen-bond acceptors (Lipinski definition) is 4. The van der Waals surface area contributed by atoms with E-state index in [1.54, 1.807) is 7.05 Å². The lowest BCUT2D eigenvalue weighted by molar-refractivity contribution is -0.148. The van der Waals surface area contributed by atoms with Crippen molar-refractivity contribution >= 4 is 10.0 Å². The van der Waals surface area contributed by atoms with Gasteiger partial charge in [0.25, 0.3) is 10.0 Å². The number of nitrogens with one attached hydrogen (secondary N) is 1. The minimum Gasteiger partial charge on any atom is -0.339 e. The second-order valence-corrected chi connectivity index (χ2v) is 6.83. The molecule has 0 bridgehead atoms. The fourth-order valence-electron chi connectivity index (χ4n) is 2.27. The lowest BCUT2D eigenvalue weighted by atomic mass is 10.1. The van der Waals surface area contributed by atoms with Crippen LogP contribution in [0.1, 0.15) is 12.8 Å².